The molecule has 0 spiro atoms. The van der Waals surface area contributed by atoms with Gasteiger partial charge in [0, 0.05) is 6.54 Å². The second-order valence-corrected chi connectivity index (χ2v) is 6.03. The van der Waals surface area contributed by atoms with Crippen molar-refractivity contribution in [3.05, 3.63) is 29.6 Å². The molecule has 104 valence electrons. The molecule has 1 aromatic rings. The zero-order chi connectivity index (χ0) is 13.2. The molecule has 0 heterocycles. The molecule has 2 saturated carbocycles. The molecule has 0 saturated heterocycles. The fourth-order valence-corrected chi connectivity index (χ4v) is 3.85. The molecule has 0 amide bonds. The lowest BCUT2D eigenvalue weighted by Gasteiger charge is -2.21. The van der Waals surface area contributed by atoms with Crippen LogP contribution in [0.4, 0.5) is 4.39 Å². The van der Waals surface area contributed by atoms with Crippen LogP contribution in [0.2, 0.25) is 0 Å². The molecular formula is C16H22FNO. The summed E-state index contributed by atoms with van der Waals surface area (Å²) >= 11 is 0. The van der Waals surface area contributed by atoms with Crippen molar-refractivity contribution in [2.75, 3.05) is 13.7 Å². The maximum Gasteiger partial charge on any atom is 0.165 e. The zero-order valence-electron chi connectivity index (χ0n) is 11.5. The first-order chi connectivity index (χ1) is 9.26. The Labute approximate surface area is 114 Å². The van der Waals surface area contributed by atoms with E-state index in [1.54, 1.807) is 12.1 Å². The summed E-state index contributed by atoms with van der Waals surface area (Å²) in [5, 5.41) is 3.49. The molecule has 2 fully saturated rings. The van der Waals surface area contributed by atoms with Crippen molar-refractivity contribution in [1.82, 2.24) is 5.32 Å². The van der Waals surface area contributed by atoms with E-state index in [-0.39, 0.29) is 5.82 Å². The summed E-state index contributed by atoms with van der Waals surface area (Å²) in [4.78, 5) is 0. The highest BCUT2D eigenvalue weighted by Gasteiger charge is 2.38. The third-order valence-electron chi connectivity index (χ3n) is 4.84. The van der Waals surface area contributed by atoms with Gasteiger partial charge in [-0.3, -0.25) is 0 Å². The van der Waals surface area contributed by atoms with Crippen LogP contribution in [0.15, 0.2) is 18.2 Å². The Morgan fingerprint density at radius 3 is 2.84 bits per heavy atom. The third kappa shape index (κ3) is 2.76. The molecule has 1 aromatic carbocycles. The van der Waals surface area contributed by atoms with Gasteiger partial charge in [0.1, 0.15) is 0 Å². The maximum absolute atomic E-state index is 13.5. The highest BCUT2D eigenvalue weighted by molar-refractivity contribution is 5.29. The van der Waals surface area contributed by atoms with Gasteiger partial charge in [-0.25, -0.2) is 4.39 Å². The van der Waals surface area contributed by atoms with E-state index in [1.807, 2.05) is 6.07 Å². The second kappa shape index (κ2) is 5.49. The molecule has 2 bridgehead atoms. The average Bonchev–Trinajstić information content (AvgIpc) is 3.01. The van der Waals surface area contributed by atoms with Gasteiger partial charge in [-0.05, 0) is 61.3 Å². The highest BCUT2D eigenvalue weighted by atomic mass is 19.1. The molecule has 3 heteroatoms. The monoisotopic (exact) mass is 263 g/mol. The quantitative estimate of drug-likeness (QED) is 0.879. The number of rotatable bonds is 5. The number of methoxy groups -OCH3 is 1. The minimum absolute atomic E-state index is 0.276. The van der Waals surface area contributed by atoms with E-state index in [1.165, 1.54) is 32.8 Å². The maximum atomic E-state index is 13.5. The SMILES string of the molecule is COc1ccc(CNCC2CC3CCC2C3)cc1F. The summed E-state index contributed by atoms with van der Waals surface area (Å²) in [7, 11) is 1.49. The van der Waals surface area contributed by atoms with Gasteiger partial charge in [0.05, 0.1) is 7.11 Å². The van der Waals surface area contributed by atoms with Crippen LogP contribution in [-0.2, 0) is 6.54 Å². The van der Waals surface area contributed by atoms with Crippen LogP contribution in [0.3, 0.4) is 0 Å². The highest BCUT2D eigenvalue weighted by Crippen LogP contribution is 2.47. The molecule has 2 aliphatic rings. The van der Waals surface area contributed by atoms with Gasteiger partial charge >= 0.3 is 0 Å². The summed E-state index contributed by atoms with van der Waals surface area (Å²) in [6.45, 7) is 1.82. The van der Waals surface area contributed by atoms with Gasteiger partial charge in [-0.1, -0.05) is 12.5 Å². The van der Waals surface area contributed by atoms with E-state index in [9.17, 15) is 4.39 Å². The lowest BCUT2D eigenvalue weighted by atomic mass is 9.89. The Morgan fingerprint density at radius 2 is 2.21 bits per heavy atom. The predicted octanol–water partition coefficient (Wildman–Crippen LogP) is 3.36. The van der Waals surface area contributed by atoms with E-state index >= 15 is 0 Å². The van der Waals surface area contributed by atoms with Gasteiger partial charge in [-0.2, -0.15) is 0 Å². The number of nitrogens with one attached hydrogen (secondary N) is 1. The molecule has 0 aromatic heterocycles. The predicted molar refractivity (Wildman–Crippen MR) is 73.6 cm³/mol. The molecule has 0 aliphatic heterocycles. The number of halogens is 1. The first kappa shape index (κ1) is 12.9. The number of hydrogen-bond acceptors (Lipinski definition) is 2. The van der Waals surface area contributed by atoms with Crippen molar-refractivity contribution in [3.8, 4) is 5.75 Å². The van der Waals surface area contributed by atoms with Gasteiger partial charge in [0.2, 0.25) is 0 Å². The Balaban J connectivity index is 1.48. The molecule has 2 nitrogen and oxygen atoms in total. The van der Waals surface area contributed by atoms with Gasteiger partial charge in [0.25, 0.3) is 0 Å². The fourth-order valence-electron chi connectivity index (χ4n) is 3.85. The van der Waals surface area contributed by atoms with Crippen molar-refractivity contribution in [2.45, 2.75) is 32.2 Å². The summed E-state index contributed by atoms with van der Waals surface area (Å²) in [5.41, 5.74) is 0.987. The van der Waals surface area contributed by atoms with Crippen molar-refractivity contribution < 1.29 is 9.13 Å². The molecule has 3 atom stereocenters. The van der Waals surface area contributed by atoms with Gasteiger partial charge in [0.15, 0.2) is 11.6 Å². The minimum Gasteiger partial charge on any atom is -0.494 e. The lowest BCUT2D eigenvalue weighted by molar-refractivity contribution is 0.318. The van der Waals surface area contributed by atoms with Crippen LogP contribution < -0.4 is 10.1 Å². The van der Waals surface area contributed by atoms with Crippen LogP contribution in [0.1, 0.15) is 31.2 Å². The van der Waals surface area contributed by atoms with E-state index in [0.29, 0.717) is 5.75 Å². The molecule has 3 rings (SSSR count). The smallest absolute Gasteiger partial charge is 0.165 e. The Kier molecular flexibility index (Phi) is 3.74. The van der Waals surface area contributed by atoms with Crippen LogP contribution in [0, 0.1) is 23.6 Å². The minimum atomic E-state index is -0.276. The molecule has 19 heavy (non-hydrogen) atoms. The van der Waals surface area contributed by atoms with E-state index in [0.717, 1.165) is 36.4 Å². The third-order valence-corrected chi connectivity index (χ3v) is 4.84. The number of benzene rings is 1. The molecule has 2 aliphatic carbocycles. The van der Waals surface area contributed by atoms with Gasteiger partial charge < -0.3 is 10.1 Å². The summed E-state index contributed by atoms with van der Waals surface area (Å²) in [6.07, 6.45) is 5.72. The summed E-state index contributed by atoms with van der Waals surface area (Å²) in [5.74, 6) is 2.83. The second-order valence-electron chi connectivity index (χ2n) is 6.03. The Morgan fingerprint density at radius 1 is 1.32 bits per heavy atom. The Bertz CT molecular complexity index is 448. The van der Waals surface area contributed by atoms with Crippen molar-refractivity contribution in [3.63, 3.8) is 0 Å². The molecule has 1 N–H and O–H groups in total. The van der Waals surface area contributed by atoms with Crippen molar-refractivity contribution >= 4 is 0 Å². The van der Waals surface area contributed by atoms with E-state index in [2.05, 4.69) is 5.32 Å². The van der Waals surface area contributed by atoms with Crippen LogP contribution in [0.5, 0.6) is 5.75 Å². The lowest BCUT2D eigenvalue weighted by Crippen LogP contribution is -2.26. The standard InChI is InChI=1S/C16H22FNO/c1-19-16-5-3-12(8-15(16)17)9-18-10-14-7-11-2-4-13(14)6-11/h3,5,8,11,13-14,18H,2,4,6-7,9-10H2,1H3. The normalized spacial score (nSPS) is 28.8. The summed E-state index contributed by atoms with van der Waals surface area (Å²) in [6, 6.07) is 5.19. The molecule has 0 radical (unpaired) electrons. The van der Waals surface area contributed by atoms with Gasteiger partial charge in [-0.15, -0.1) is 0 Å². The van der Waals surface area contributed by atoms with Crippen molar-refractivity contribution in [1.29, 1.82) is 0 Å². The molecule has 3 unspecified atom stereocenters. The largest absolute Gasteiger partial charge is 0.494 e. The number of fused-ring (bicyclic) bond motifs is 2. The molecular weight excluding hydrogens is 241 g/mol. The summed E-state index contributed by atoms with van der Waals surface area (Å²) < 4.78 is 18.5. The zero-order valence-corrected chi connectivity index (χ0v) is 11.5. The van der Waals surface area contributed by atoms with Crippen LogP contribution in [0.25, 0.3) is 0 Å². The average molecular weight is 263 g/mol. The Hall–Kier alpha value is -1.09. The van der Waals surface area contributed by atoms with Crippen LogP contribution >= 0.6 is 0 Å². The van der Waals surface area contributed by atoms with E-state index in [4.69, 9.17) is 4.74 Å². The number of ether oxygens (including phenoxy) is 1. The van der Waals surface area contributed by atoms with E-state index < -0.39 is 0 Å². The topological polar surface area (TPSA) is 21.3 Å². The number of hydrogen-bond donors (Lipinski definition) is 1. The van der Waals surface area contributed by atoms with Crippen LogP contribution in [-0.4, -0.2) is 13.7 Å². The fraction of sp³-hybridized carbons (Fsp3) is 0.625. The first-order valence-corrected chi connectivity index (χ1v) is 7.29. The first-order valence-electron chi connectivity index (χ1n) is 7.29. The van der Waals surface area contributed by atoms with Crippen molar-refractivity contribution in [2.24, 2.45) is 17.8 Å².